The first kappa shape index (κ1) is 22.7. The van der Waals surface area contributed by atoms with Crippen molar-refractivity contribution >= 4 is 11.5 Å². The number of nitrogens with zero attached hydrogens (tertiary/aromatic N) is 3. The summed E-state index contributed by atoms with van der Waals surface area (Å²) in [7, 11) is 1.63. The van der Waals surface area contributed by atoms with Crippen LogP contribution in [0.25, 0.3) is 0 Å². The summed E-state index contributed by atoms with van der Waals surface area (Å²) in [6.07, 6.45) is -0.348. The molecule has 3 aromatic rings. The summed E-state index contributed by atoms with van der Waals surface area (Å²) in [5, 5.41) is 12.4. The summed E-state index contributed by atoms with van der Waals surface area (Å²) >= 11 is 0. The van der Waals surface area contributed by atoms with E-state index in [9.17, 15) is 14.7 Å². The summed E-state index contributed by atoms with van der Waals surface area (Å²) in [5.74, 6) is 1.49. The van der Waals surface area contributed by atoms with E-state index in [2.05, 4.69) is 19.2 Å². The Hall–Kier alpha value is -3.52. The van der Waals surface area contributed by atoms with Gasteiger partial charge in [-0.2, -0.15) is 0 Å². The van der Waals surface area contributed by atoms with Gasteiger partial charge in [-0.15, -0.1) is 0 Å². The maximum absolute atomic E-state index is 13.4. The van der Waals surface area contributed by atoms with Gasteiger partial charge in [0.25, 0.3) is 11.9 Å². The van der Waals surface area contributed by atoms with Gasteiger partial charge in [-0.3, -0.25) is 13.9 Å². The minimum atomic E-state index is -0.669. The Morgan fingerprint density at radius 2 is 1.76 bits per heavy atom. The minimum absolute atomic E-state index is 0.100. The number of aliphatic hydroxyl groups excluding tert-OH is 1. The van der Waals surface area contributed by atoms with Crippen molar-refractivity contribution in [3.8, 4) is 5.75 Å². The third-order valence-electron chi connectivity index (χ3n) is 5.89. The van der Waals surface area contributed by atoms with E-state index in [1.807, 2.05) is 59.5 Å². The molecule has 1 aliphatic heterocycles. The lowest BCUT2D eigenvalue weighted by atomic mass is 10.0. The maximum atomic E-state index is 13.4. The number of benzene rings is 2. The molecular weight excluding hydrogens is 420 g/mol. The first-order chi connectivity index (χ1) is 15.9. The molecule has 1 unspecified atom stereocenters. The first-order valence-corrected chi connectivity index (χ1v) is 11.2. The zero-order chi connectivity index (χ0) is 23.5. The van der Waals surface area contributed by atoms with E-state index in [-0.39, 0.29) is 13.2 Å². The fourth-order valence-electron chi connectivity index (χ4n) is 4.01. The van der Waals surface area contributed by atoms with Gasteiger partial charge in [-0.1, -0.05) is 56.3 Å². The van der Waals surface area contributed by atoms with Crippen LogP contribution < -0.4 is 26.2 Å². The number of anilines is 2. The fraction of sp³-hybridized carbons (Fsp3) is 0.360. The normalized spacial score (nSPS) is 14.9. The molecule has 0 radical (unpaired) electrons. The van der Waals surface area contributed by atoms with Gasteiger partial charge in [0.15, 0.2) is 0 Å². The molecule has 1 atom stereocenters. The Morgan fingerprint density at radius 1 is 1.06 bits per heavy atom. The maximum Gasteiger partial charge on any atom is 0.332 e. The Morgan fingerprint density at radius 3 is 2.39 bits per heavy atom. The van der Waals surface area contributed by atoms with Crippen molar-refractivity contribution in [3.63, 3.8) is 0 Å². The van der Waals surface area contributed by atoms with Gasteiger partial charge in [-0.25, -0.2) is 4.79 Å². The van der Waals surface area contributed by atoms with Crippen LogP contribution in [0.5, 0.6) is 5.75 Å². The summed E-state index contributed by atoms with van der Waals surface area (Å²) < 4.78 is 8.86. The van der Waals surface area contributed by atoms with Crippen LogP contribution in [0.3, 0.4) is 0 Å². The summed E-state index contributed by atoms with van der Waals surface area (Å²) in [6.45, 7) is 4.74. The largest absolute Gasteiger partial charge is 0.452 e. The van der Waals surface area contributed by atoms with Crippen LogP contribution in [-0.2, 0) is 20.1 Å². The highest BCUT2D eigenvalue weighted by Gasteiger charge is 2.36. The molecule has 2 N–H and O–H groups in total. The van der Waals surface area contributed by atoms with Crippen molar-refractivity contribution in [1.29, 1.82) is 0 Å². The van der Waals surface area contributed by atoms with Crippen molar-refractivity contribution < 1.29 is 9.84 Å². The number of aliphatic hydroxyl groups is 1. The molecule has 2 heterocycles. The predicted octanol–water partition coefficient (Wildman–Crippen LogP) is 2.85. The molecule has 0 fully saturated rings. The van der Waals surface area contributed by atoms with Gasteiger partial charge in [0, 0.05) is 26.7 Å². The highest BCUT2D eigenvalue weighted by Crippen LogP contribution is 2.33. The van der Waals surface area contributed by atoms with Gasteiger partial charge < -0.3 is 20.1 Å². The van der Waals surface area contributed by atoms with Crippen molar-refractivity contribution in [2.24, 2.45) is 7.05 Å². The Labute approximate surface area is 192 Å². The van der Waals surface area contributed by atoms with E-state index < -0.39 is 17.6 Å². The number of aromatic nitrogens is 2. The van der Waals surface area contributed by atoms with Crippen LogP contribution in [0.15, 0.2) is 64.2 Å². The average Bonchev–Trinajstić information content (AvgIpc) is 3.16. The third kappa shape index (κ3) is 4.52. The van der Waals surface area contributed by atoms with E-state index >= 15 is 0 Å². The molecule has 0 saturated carbocycles. The molecule has 4 rings (SSSR count). The second-order valence-corrected chi connectivity index (χ2v) is 8.52. The third-order valence-corrected chi connectivity index (χ3v) is 5.89. The Balaban J connectivity index is 1.74. The zero-order valence-corrected chi connectivity index (χ0v) is 19.2. The van der Waals surface area contributed by atoms with Gasteiger partial charge >= 0.3 is 5.69 Å². The molecule has 1 aliphatic rings. The number of rotatable bonds is 8. The van der Waals surface area contributed by atoms with Crippen LogP contribution in [0.4, 0.5) is 11.5 Å². The second-order valence-electron chi connectivity index (χ2n) is 8.52. The second kappa shape index (κ2) is 9.54. The van der Waals surface area contributed by atoms with Crippen LogP contribution in [-0.4, -0.2) is 27.2 Å². The van der Waals surface area contributed by atoms with Gasteiger partial charge in [0.05, 0.1) is 0 Å². The lowest BCUT2D eigenvalue weighted by Gasteiger charge is -2.26. The zero-order valence-electron chi connectivity index (χ0n) is 19.2. The molecule has 174 valence electrons. The summed E-state index contributed by atoms with van der Waals surface area (Å²) in [5.41, 5.74) is 1.77. The van der Waals surface area contributed by atoms with E-state index in [1.165, 1.54) is 14.7 Å². The molecule has 33 heavy (non-hydrogen) atoms. The summed E-state index contributed by atoms with van der Waals surface area (Å²) in [4.78, 5) is 28.1. The van der Waals surface area contributed by atoms with Crippen molar-refractivity contribution in [3.05, 3.63) is 86.6 Å². The SMILES string of the molecule is CC(C)c1ccc(OC2Nc3c(c(=O)n(CCCO)c(=O)n3C)N2Cc2ccccc2)cc1. The lowest BCUT2D eigenvalue weighted by Crippen LogP contribution is -2.43. The smallest absolute Gasteiger partial charge is 0.332 e. The molecule has 2 aromatic carbocycles. The van der Waals surface area contributed by atoms with Crippen LogP contribution in [0, 0.1) is 0 Å². The van der Waals surface area contributed by atoms with E-state index in [1.54, 1.807) is 7.05 Å². The van der Waals surface area contributed by atoms with Crippen molar-refractivity contribution in [2.45, 2.75) is 45.6 Å². The van der Waals surface area contributed by atoms with E-state index in [0.717, 1.165) is 5.56 Å². The van der Waals surface area contributed by atoms with Gasteiger partial charge in [-0.05, 0) is 35.6 Å². The number of fused-ring (bicyclic) bond motifs is 1. The molecule has 0 spiro atoms. The van der Waals surface area contributed by atoms with Gasteiger partial charge in [0.1, 0.15) is 17.3 Å². The first-order valence-electron chi connectivity index (χ1n) is 11.2. The fourth-order valence-corrected chi connectivity index (χ4v) is 4.01. The van der Waals surface area contributed by atoms with Gasteiger partial charge in [0.2, 0.25) is 0 Å². The number of hydrogen-bond donors (Lipinski definition) is 2. The van der Waals surface area contributed by atoms with Crippen molar-refractivity contribution in [2.75, 3.05) is 16.8 Å². The number of nitrogens with one attached hydrogen (secondary N) is 1. The Bertz CT molecular complexity index is 1220. The molecule has 0 bridgehead atoms. The summed E-state index contributed by atoms with van der Waals surface area (Å²) in [6, 6.07) is 17.7. The lowest BCUT2D eigenvalue weighted by molar-refractivity contribution is 0.227. The van der Waals surface area contributed by atoms with E-state index in [0.29, 0.717) is 36.1 Å². The minimum Gasteiger partial charge on any atom is -0.452 e. The van der Waals surface area contributed by atoms with E-state index in [4.69, 9.17) is 4.74 Å². The highest BCUT2D eigenvalue weighted by molar-refractivity contribution is 5.71. The molecule has 0 saturated heterocycles. The highest BCUT2D eigenvalue weighted by atomic mass is 16.5. The molecule has 1 aromatic heterocycles. The quantitative estimate of drug-likeness (QED) is 0.549. The topological polar surface area (TPSA) is 88.7 Å². The number of ether oxygens (including phenoxy) is 1. The molecule has 8 nitrogen and oxygen atoms in total. The standard InChI is InChI=1S/C25H30N4O4/c1-17(2)19-10-12-20(13-11-19)33-24-26-22-21(29(24)16-18-8-5-4-6-9-18)23(31)28(14-7-15-30)25(32)27(22)3/h4-6,8-13,17,24,26,30H,7,14-16H2,1-3H3. The monoisotopic (exact) mass is 450 g/mol. The number of hydrogen-bond acceptors (Lipinski definition) is 6. The molecular formula is C25H30N4O4. The van der Waals surface area contributed by atoms with Crippen LogP contribution in [0.1, 0.15) is 37.3 Å². The molecule has 0 amide bonds. The molecule has 0 aliphatic carbocycles. The average molecular weight is 451 g/mol. The van der Waals surface area contributed by atoms with Crippen molar-refractivity contribution in [1.82, 2.24) is 9.13 Å². The predicted molar refractivity (Wildman–Crippen MR) is 129 cm³/mol. The Kier molecular flexibility index (Phi) is 6.55. The van der Waals surface area contributed by atoms with Crippen LogP contribution in [0.2, 0.25) is 0 Å². The van der Waals surface area contributed by atoms with Crippen LogP contribution >= 0.6 is 0 Å². The molecule has 8 heteroatoms.